The van der Waals surface area contributed by atoms with E-state index in [1.807, 2.05) is 36.4 Å². The molecule has 0 aliphatic heterocycles. The maximum atomic E-state index is 12.7. The van der Waals surface area contributed by atoms with Gasteiger partial charge in [0.25, 0.3) is 10.0 Å². The standard InChI is InChI=1S/C29H33NO3S/c1-28(2)18-23(19-29(3,4)20-28)27(22-12-16-25(31)17-13-22)21-10-14-24(15-11-21)30-34(32,33)26-8-6-5-7-9-26/h5-17,30-31H,18-20H2,1-4H3. The fourth-order valence-electron chi connectivity index (χ4n) is 5.54. The quantitative estimate of drug-likeness (QED) is 0.409. The lowest BCUT2D eigenvalue weighted by atomic mass is 9.62. The summed E-state index contributed by atoms with van der Waals surface area (Å²) < 4.78 is 28.1. The normalized spacial score (nSPS) is 17.2. The number of hydrogen-bond donors (Lipinski definition) is 2. The molecule has 0 heterocycles. The molecule has 0 aromatic heterocycles. The third-order valence-electron chi connectivity index (χ3n) is 6.33. The van der Waals surface area contributed by atoms with Gasteiger partial charge in [-0.1, -0.05) is 75.7 Å². The van der Waals surface area contributed by atoms with Crippen LogP contribution in [0.4, 0.5) is 5.69 Å². The summed E-state index contributed by atoms with van der Waals surface area (Å²) in [6.07, 6.45) is 3.15. The molecule has 3 aromatic rings. The molecule has 1 saturated carbocycles. The van der Waals surface area contributed by atoms with E-state index < -0.39 is 10.0 Å². The SMILES string of the molecule is CC1(C)CC(=C(c2ccc(O)cc2)c2ccc(NS(=O)(=O)c3ccccc3)cc2)CC(C)(C)C1. The van der Waals surface area contributed by atoms with Crippen LogP contribution in [0.1, 0.15) is 58.1 Å². The predicted octanol–water partition coefficient (Wildman–Crippen LogP) is 7.23. The Morgan fingerprint density at radius 3 is 1.79 bits per heavy atom. The zero-order valence-electron chi connectivity index (χ0n) is 20.3. The van der Waals surface area contributed by atoms with Gasteiger partial charge < -0.3 is 5.11 Å². The molecule has 34 heavy (non-hydrogen) atoms. The summed E-state index contributed by atoms with van der Waals surface area (Å²) in [6, 6.07) is 23.3. The minimum atomic E-state index is -3.64. The molecule has 0 atom stereocenters. The Hall–Kier alpha value is -3.05. The summed E-state index contributed by atoms with van der Waals surface area (Å²) in [5, 5.41) is 9.84. The van der Waals surface area contributed by atoms with Crippen LogP contribution in [0.2, 0.25) is 0 Å². The van der Waals surface area contributed by atoms with Crippen molar-refractivity contribution in [3.8, 4) is 5.75 Å². The number of sulfonamides is 1. The number of rotatable bonds is 5. The van der Waals surface area contributed by atoms with Crippen molar-refractivity contribution in [2.45, 2.75) is 51.9 Å². The number of aromatic hydroxyl groups is 1. The van der Waals surface area contributed by atoms with E-state index in [0.717, 1.165) is 30.4 Å². The molecule has 1 aliphatic rings. The highest BCUT2D eigenvalue weighted by Crippen LogP contribution is 2.51. The lowest BCUT2D eigenvalue weighted by molar-refractivity contribution is 0.154. The maximum Gasteiger partial charge on any atom is 0.261 e. The molecule has 5 heteroatoms. The van der Waals surface area contributed by atoms with E-state index in [2.05, 4.69) is 32.4 Å². The fraction of sp³-hybridized carbons (Fsp3) is 0.310. The number of benzene rings is 3. The van der Waals surface area contributed by atoms with E-state index in [-0.39, 0.29) is 21.5 Å². The highest BCUT2D eigenvalue weighted by atomic mass is 32.2. The van der Waals surface area contributed by atoms with Gasteiger partial charge in [-0.2, -0.15) is 0 Å². The van der Waals surface area contributed by atoms with Crippen molar-refractivity contribution in [1.82, 2.24) is 0 Å². The number of phenolic OH excluding ortho intramolecular Hbond substituents is 1. The van der Waals surface area contributed by atoms with Crippen molar-refractivity contribution in [2.75, 3.05) is 4.72 Å². The van der Waals surface area contributed by atoms with Gasteiger partial charge >= 0.3 is 0 Å². The average molecular weight is 476 g/mol. The first-order valence-electron chi connectivity index (χ1n) is 11.6. The van der Waals surface area contributed by atoms with Gasteiger partial charge in [0.2, 0.25) is 0 Å². The molecule has 4 rings (SSSR count). The van der Waals surface area contributed by atoms with Crippen LogP contribution in [0.15, 0.2) is 89.3 Å². The molecule has 2 N–H and O–H groups in total. The van der Waals surface area contributed by atoms with Gasteiger partial charge in [-0.25, -0.2) is 8.42 Å². The number of nitrogens with one attached hydrogen (secondary N) is 1. The predicted molar refractivity (Wildman–Crippen MR) is 139 cm³/mol. The van der Waals surface area contributed by atoms with Crippen molar-refractivity contribution in [2.24, 2.45) is 10.8 Å². The molecule has 0 bridgehead atoms. The number of hydrogen-bond acceptors (Lipinski definition) is 3. The lowest BCUT2D eigenvalue weighted by Crippen LogP contribution is -2.30. The van der Waals surface area contributed by atoms with Gasteiger partial charge in [-0.05, 0) is 83.2 Å². The Morgan fingerprint density at radius 2 is 1.26 bits per heavy atom. The Balaban J connectivity index is 1.74. The molecule has 0 saturated heterocycles. The van der Waals surface area contributed by atoms with Crippen molar-refractivity contribution < 1.29 is 13.5 Å². The third kappa shape index (κ3) is 5.53. The minimum Gasteiger partial charge on any atom is -0.508 e. The highest BCUT2D eigenvalue weighted by molar-refractivity contribution is 7.92. The molecule has 1 fully saturated rings. The smallest absolute Gasteiger partial charge is 0.261 e. The third-order valence-corrected chi connectivity index (χ3v) is 7.73. The van der Waals surface area contributed by atoms with Crippen molar-refractivity contribution in [3.05, 3.63) is 95.6 Å². The first kappa shape index (κ1) is 24.1. The second kappa shape index (κ2) is 8.95. The summed E-state index contributed by atoms with van der Waals surface area (Å²) in [4.78, 5) is 0.234. The highest BCUT2D eigenvalue weighted by Gasteiger charge is 2.37. The van der Waals surface area contributed by atoms with E-state index >= 15 is 0 Å². The average Bonchev–Trinajstić information content (AvgIpc) is 2.75. The summed E-state index contributed by atoms with van der Waals surface area (Å²) >= 11 is 0. The van der Waals surface area contributed by atoms with Crippen LogP contribution < -0.4 is 4.72 Å². The topological polar surface area (TPSA) is 66.4 Å². The first-order valence-corrected chi connectivity index (χ1v) is 13.1. The number of anilines is 1. The maximum absolute atomic E-state index is 12.7. The van der Waals surface area contributed by atoms with E-state index in [1.54, 1.807) is 42.5 Å². The van der Waals surface area contributed by atoms with E-state index in [9.17, 15) is 13.5 Å². The molecule has 1 aliphatic carbocycles. The number of phenols is 1. The summed E-state index contributed by atoms with van der Waals surface area (Å²) in [7, 11) is -3.64. The van der Waals surface area contributed by atoms with Gasteiger partial charge in [0, 0.05) is 5.69 Å². The van der Waals surface area contributed by atoms with Crippen LogP contribution in [0.3, 0.4) is 0 Å². The molecular formula is C29H33NO3S. The zero-order valence-corrected chi connectivity index (χ0v) is 21.1. The Morgan fingerprint density at radius 1 is 0.765 bits per heavy atom. The zero-order chi connectivity index (χ0) is 24.6. The first-order chi connectivity index (χ1) is 15.9. The van der Waals surface area contributed by atoms with E-state index in [1.165, 1.54) is 11.1 Å². The number of allylic oxidation sites excluding steroid dienone is 1. The van der Waals surface area contributed by atoms with Gasteiger partial charge in [-0.15, -0.1) is 0 Å². The second-order valence-corrected chi connectivity index (χ2v) is 12.6. The van der Waals surface area contributed by atoms with Crippen LogP contribution in [0.25, 0.3) is 5.57 Å². The van der Waals surface area contributed by atoms with E-state index in [4.69, 9.17) is 0 Å². The summed E-state index contributed by atoms with van der Waals surface area (Å²) in [5.74, 6) is 0.239. The lowest BCUT2D eigenvalue weighted by Gasteiger charge is -2.43. The summed E-state index contributed by atoms with van der Waals surface area (Å²) in [6.45, 7) is 9.29. The van der Waals surface area contributed by atoms with Gasteiger partial charge in [0.1, 0.15) is 5.75 Å². The van der Waals surface area contributed by atoms with Crippen molar-refractivity contribution in [1.29, 1.82) is 0 Å². The molecule has 0 unspecified atom stereocenters. The Bertz CT molecular complexity index is 1270. The molecule has 4 nitrogen and oxygen atoms in total. The molecule has 178 valence electrons. The Kier molecular flexibility index (Phi) is 6.34. The van der Waals surface area contributed by atoms with Crippen LogP contribution >= 0.6 is 0 Å². The minimum absolute atomic E-state index is 0.185. The summed E-state index contributed by atoms with van der Waals surface area (Å²) in [5.41, 5.74) is 5.54. The van der Waals surface area contributed by atoms with Crippen LogP contribution in [0, 0.1) is 10.8 Å². The van der Waals surface area contributed by atoms with Gasteiger partial charge in [0.05, 0.1) is 4.90 Å². The Labute approximate surface area is 203 Å². The van der Waals surface area contributed by atoms with E-state index in [0.29, 0.717) is 5.69 Å². The molecule has 0 spiro atoms. The monoisotopic (exact) mass is 475 g/mol. The van der Waals surface area contributed by atoms with Crippen molar-refractivity contribution in [3.63, 3.8) is 0 Å². The molecule has 0 amide bonds. The molecule has 0 radical (unpaired) electrons. The second-order valence-electron chi connectivity index (χ2n) is 10.9. The fourth-order valence-corrected chi connectivity index (χ4v) is 6.62. The van der Waals surface area contributed by atoms with Gasteiger partial charge in [-0.3, -0.25) is 4.72 Å². The van der Waals surface area contributed by atoms with Crippen LogP contribution in [-0.4, -0.2) is 13.5 Å². The van der Waals surface area contributed by atoms with Gasteiger partial charge in [0.15, 0.2) is 0 Å². The molecular weight excluding hydrogens is 442 g/mol. The van der Waals surface area contributed by atoms with Crippen molar-refractivity contribution >= 4 is 21.3 Å². The molecule has 3 aromatic carbocycles. The van der Waals surface area contributed by atoms with Crippen LogP contribution in [0.5, 0.6) is 5.75 Å². The largest absolute Gasteiger partial charge is 0.508 e. The van der Waals surface area contributed by atoms with Crippen LogP contribution in [-0.2, 0) is 10.0 Å².